The average molecular weight is 328 g/mol. The Morgan fingerprint density at radius 1 is 1.09 bits per heavy atom. The van der Waals surface area contributed by atoms with Crippen LogP contribution in [0.15, 0.2) is 29.2 Å². The van der Waals surface area contributed by atoms with Crippen LogP contribution < -0.4 is 10.5 Å². The molecule has 0 spiro atoms. The maximum atomic E-state index is 11.5. The Morgan fingerprint density at radius 2 is 1.68 bits per heavy atom. The van der Waals surface area contributed by atoms with Crippen LogP contribution in [-0.4, -0.2) is 31.9 Å². The molecule has 0 saturated carbocycles. The topological polar surface area (TPSA) is 127 Å². The number of carbonyl (C=O) groups is 2. The highest BCUT2D eigenvalue weighted by atomic mass is 32.2. The van der Waals surface area contributed by atoms with Gasteiger partial charge in [-0.1, -0.05) is 12.1 Å². The van der Waals surface area contributed by atoms with Crippen molar-refractivity contribution in [3.8, 4) is 0 Å². The largest absolute Gasteiger partial charge is 0.481 e. The molecule has 7 nitrogen and oxygen atoms in total. The first-order valence-corrected chi connectivity index (χ1v) is 8.44. The molecule has 1 amide bonds. The molecule has 122 valence electrons. The molecule has 8 heteroatoms. The molecule has 0 heterocycles. The zero-order valence-electron chi connectivity index (χ0n) is 12.1. The van der Waals surface area contributed by atoms with Gasteiger partial charge in [-0.2, -0.15) is 0 Å². The molecule has 0 aliphatic rings. The molecule has 22 heavy (non-hydrogen) atoms. The van der Waals surface area contributed by atoms with Gasteiger partial charge in [0, 0.05) is 19.4 Å². The molecule has 0 unspecified atom stereocenters. The number of hydrogen-bond acceptors (Lipinski definition) is 4. The second-order valence-electron chi connectivity index (χ2n) is 4.89. The second kappa shape index (κ2) is 8.50. The highest BCUT2D eigenvalue weighted by molar-refractivity contribution is 7.89. The fourth-order valence-corrected chi connectivity index (χ4v) is 2.36. The lowest BCUT2D eigenvalue weighted by atomic mass is 10.1. The number of carboxylic acid groups (broad SMARTS) is 1. The van der Waals surface area contributed by atoms with Gasteiger partial charge < -0.3 is 10.4 Å². The first kappa shape index (κ1) is 18.1. The Balaban J connectivity index is 2.26. The van der Waals surface area contributed by atoms with Gasteiger partial charge in [0.15, 0.2) is 0 Å². The number of rotatable bonds is 9. The van der Waals surface area contributed by atoms with Crippen LogP contribution >= 0.6 is 0 Å². The summed E-state index contributed by atoms with van der Waals surface area (Å²) in [5.74, 6) is -0.977. The van der Waals surface area contributed by atoms with Crippen LogP contribution in [0.25, 0.3) is 0 Å². The van der Waals surface area contributed by atoms with E-state index in [0.29, 0.717) is 32.2 Å². The summed E-state index contributed by atoms with van der Waals surface area (Å²) < 4.78 is 22.2. The van der Waals surface area contributed by atoms with Gasteiger partial charge in [0.25, 0.3) is 0 Å². The van der Waals surface area contributed by atoms with E-state index in [2.05, 4.69) is 5.32 Å². The first-order valence-electron chi connectivity index (χ1n) is 6.89. The Morgan fingerprint density at radius 3 is 2.23 bits per heavy atom. The number of nitrogens with two attached hydrogens (primary N) is 1. The summed E-state index contributed by atoms with van der Waals surface area (Å²) in [6, 6.07) is 6.16. The molecule has 1 aromatic carbocycles. The van der Waals surface area contributed by atoms with Gasteiger partial charge in [-0.25, -0.2) is 13.6 Å². The van der Waals surface area contributed by atoms with E-state index in [4.69, 9.17) is 10.2 Å². The van der Waals surface area contributed by atoms with E-state index in [-0.39, 0.29) is 17.2 Å². The molecule has 0 fully saturated rings. The lowest BCUT2D eigenvalue weighted by molar-refractivity contribution is -0.137. The van der Waals surface area contributed by atoms with Gasteiger partial charge in [-0.05, 0) is 37.0 Å². The van der Waals surface area contributed by atoms with E-state index < -0.39 is 16.0 Å². The van der Waals surface area contributed by atoms with Crippen molar-refractivity contribution in [3.05, 3.63) is 29.8 Å². The van der Waals surface area contributed by atoms with Crippen LogP contribution in [0.3, 0.4) is 0 Å². The number of sulfonamides is 1. The van der Waals surface area contributed by atoms with Crippen molar-refractivity contribution in [3.63, 3.8) is 0 Å². The van der Waals surface area contributed by atoms with E-state index in [1.54, 1.807) is 12.1 Å². The Kier molecular flexibility index (Phi) is 7.00. The molecule has 0 bridgehead atoms. The third-order valence-corrected chi connectivity index (χ3v) is 3.96. The third-order valence-electron chi connectivity index (χ3n) is 3.03. The molecular weight excluding hydrogens is 308 g/mol. The van der Waals surface area contributed by atoms with Crippen molar-refractivity contribution >= 4 is 21.9 Å². The van der Waals surface area contributed by atoms with Crippen molar-refractivity contribution in [2.75, 3.05) is 6.54 Å². The van der Waals surface area contributed by atoms with E-state index in [0.717, 1.165) is 5.56 Å². The predicted molar refractivity (Wildman–Crippen MR) is 80.6 cm³/mol. The predicted octanol–water partition coefficient (Wildman–Crippen LogP) is 0.638. The van der Waals surface area contributed by atoms with Crippen LogP contribution in [-0.2, 0) is 26.0 Å². The fourth-order valence-electron chi connectivity index (χ4n) is 1.84. The Labute approximate surface area is 129 Å². The molecular formula is C14H20N2O5S. The number of benzene rings is 1. The smallest absolute Gasteiger partial charge is 0.303 e. The van der Waals surface area contributed by atoms with E-state index in [1.165, 1.54) is 12.1 Å². The molecule has 0 saturated heterocycles. The number of carboxylic acids is 1. The van der Waals surface area contributed by atoms with Crippen LogP contribution in [0.4, 0.5) is 0 Å². The minimum Gasteiger partial charge on any atom is -0.481 e. The zero-order valence-corrected chi connectivity index (χ0v) is 12.9. The average Bonchev–Trinajstić information content (AvgIpc) is 2.43. The second-order valence-corrected chi connectivity index (χ2v) is 6.45. The number of aliphatic carboxylic acids is 1. The van der Waals surface area contributed by atoms with Gasteiger partial charge in [-0.3, -0.25) is 9.59 Å². The van der Waals surface area contributed by atoms with Gasteiger partial charge in [0.1, 0.15) is 0 Å². The summed E-state index contributed by atoms with van der Waals surface area (Å²) in [5, 5.41) is 16.2. The maximum Gasteiger partial charge on any atom is 0.303 e. The quantitative estimate of drug-likeness (QED) is 0.573. The van der Waals surface area contributed by atoms with Crippen LogP contribution in [0, 0.1) is 0 Å². The summed E-state index contributed by atoms with van der Waals surface area (Å²) in [4.78, 5) is 21.9. The first-order chi connectivity index (χ1) is 10.3. The van der Waals surface area contributed by atoms with E-state index in [9.17, 15) is 18.0 Å². The molecule has 0 radical (unpaired) electrons. The Hall–Kier alpha value is -1.93. The highest BCUT2D eigenvalue weighted by Crippen LogP contribution is 2.09. The molecule has 0 aromatic heterocycles. The standard InChI is InChI=1S/C14H20N2O5S/c15-22(20,21)12-7-5-11(6-8-12)9-10-16-13(17)3-1-2-4-14(18)19/h5-8H,1-4,9-10H2,(H,16,17)(H,18,19)(H2,15,20,21). The number of carbonyl (C=O) groups excluding carboxylic acids is 1. The van der Waals surface area contributed by atoms with E-state index >= 15 is 0 Å². The molecule has 1 aromatic rings. The van der Waals surface area contributed by atoms with Crippen molar-refractivity contribution in [1.82, 2.24) is 5.32 Å². The van der Waals surface area contributed by atoms with Crippen molar-refractivity contribution < 1.29 is 23.1 Å². The van der Waals surface area contributed by atoms with Gasteiger partial charge in [0.05, 0.1) is 4.90 Å². The summed E-state index contributed by atoms with van der Waals surface area (Å²) in [7, 11) is -3.68. The maximum absolute atomic E-state index is 11.5. The summed E-state index contributed by atoms with van der Waals surface area (Å²) >= 11 is 0. The number of hydrogen-bond donors (Lipinski definition) is 3. The fraction of sp³-hybridized carbons (Fsp3) is 0.429. The van der Waals surface area contributed by atoms with E-state index in [1.807, 2.05) is 0 Å². The Bertz CT molecular complexity index is 611. The minimum atomic E-state index is -3.68. The third kappa shape index (κ3) is 7.19. The monoisotopic (exact) mass is 328 g/mol. The molecule has 0 aliphatic heterocycles. The lowest BCUT2D eigenvalue weighted by Gasteiger charge is -2.06. The number of unbranched alkanes of at least 4 members (excludes halogenated alkanes) is 1. The van der Waals surface area contributed by atoms with Crippen molar-refractivity contribution in [1.29, 1.82) is 0 Å². The van der Waals surface area contributed by atoms with Gasteiger partial charge >= 0.3 is 5.97 Å². The number of nitrogens with one attached hydrogen (secondary N) is 1. The zero-order chi connectivity index (χ0) is 16.6. The molecule has 4 N–H and O–H groups in total. The van der Waals surface area contributed by atoms with Crippen molar-refractivity contribution in [2.24, 2.45) is 5.14 Å². The summed E-state index contributed by atoms with van der Waals surface area (Å²) in [5.41, 5.74) is 0.888. The lowest BCUT2D eigenvalue weighted by Crippen LogP contribution is -2.25. The number of amides is 1. The summed E-state index contributed by atoms with van der Waals surface area (Å²) in [6.07, 6.45) is 1.98. The van der Waals surface area contributed by atoms with Crippen LogP contribution in [0.2, 0.25) is 0 Å². The number of primary sulfonamides is 1. The minimum absolute atomic E-state index is 0.0544. The molecule has 1 rings (SSSR count). The molecule has 0 atom stereocenters. The van der Waals surface area contributed by atoms with Gasteiger partial charge in [-0.15, -0.1) is 0 Å². The highest BCUT2D eigenvalue weighted by Gasteiger charge is 2.07. The van der Waals surface area contributed by atoms with Gasteiger partial charge in [0.2, 0.25) is 15.9 Å². The normalized spacial score (nSPS) is 11.1. The molecule has 0 aliphatic carbocycles. The van der Waals surface area contributed by atoms with Crippen LogP contribution in [0.1, 0.15) is 31.2 Å². The van der Waals surface area contributed by atoms with Crippen LogP contribution in [0.5, 0.6) is 0 Å². The summed E-state index contributed by atoms with van der Waals surface area (Å²) in [6.45, 7) is 0.437. The SMILES string of the molecule is NS(=O)(=O)c1ccc(CCNC(=O)CCCCC(=O)O)cc1. The van der Waals surface area contributed by atoms with Crippen molar-refractivity contribution in [2.45, 2.75) is 37.0 Å².